The summed E-state index contributed by atoms with van der Waals surface area (Å²) in [6.07, 6.45) is 1.70. The number of rotatable bonds is 4. The SMILES string of the molecule is CS(=O)CCOC1(C)CNC1. The molecule has 1 aliphatic rings. The van der Waals surface area contributed by atoms with Gasteiger partial charge >= 0.3 is 0 Å². The van der Waals surface area contributed by atoms with Crippen LogP contribution in [0.4, 0.5) is 0 Å². The van der Waals surface area contributed by atoms with E-state index < -0.39 is 10.8 Å². The smallest absolute Gasteiger partial charge is 0.0902 e. The van der Waals surface area contributed by atoms with Crippen molar-refractivity contribution in [3.63, 3.8) is 0 Å². The monoisotopic (exact) mass is 177 g/mol. The highest BCUT2D eigenvalue weighted by molar-refractivity contribution is 7.84. The second-order valence-electron chi connectivity index (χ2n) is 3.18. The van der Waals surface area contributed by atoms with Crippen LogP contribution in [0.25, 0.3) is 0 Å². The van der Waals surface area contributed by atoms with E-state index in [4.69, 9.17) is 4.74 Å². The third-order valence-electron chi connectivity index (χ3n) is 1.82. The van der Waals surface area contributed by atoms with Crippen LogP contribution in [-0.4, -0.2) is 41.5 Å². The van der Waals surface area contributed by atoms with Gasteiger partial charge in [-0.1, -0.05) is 0 Å². The van der Waals surface area contributed by atoms with Gasteiger partial charge in [-0.2, -0.15) is 0 Å². The molecule has 1 heterocycles. The van der Waals surface area contributed by atoms with Gasteiger partial charge in [-0.15, -0.1) is 0 Å². The van der Waals surface area contributed by atoms with Crippen molar-refractivity contribution in [3.05, 3.63) is 0 Å². The maximum absolute atomic E-state index is 10.7. The Bertz CT molecular complexity index is 157. The Kier molecular flexibility index (Phi) is 3.04. The first-order chi connectivity index (χ1) is 5.12. The van der Waals surface area contributed by atoms with Crippen LogP contribution in [0.15, 0.2) is 0 Å². The first kappa shape index (κ1) is 9.16. The molecule has 1 unspecified atom stereocenters. The molecule has 1 atom stereocenters. The van der Waals surface area contributed by atoms with Gasteiger partial charge in [-0.3, -0.25) is 4.21 Å². The Labute approximate surface area is 70.0 Å². The molecule has 0 radical (unpaired) electrons. The molecule has 11 heavy (non-hydrogen) atoms. The lowest BCUT2D eigenvalue weighted by molar-refractivity contribution is -0.0596. The fourth-order valence-electron chi connectivity index (χ4n) is 0.985. The van der Waals surface area contributed by atoms with Crippen molar-refractivity contribution >= 4 is 10.8 Å². The molecule has 1 fully saturated rings. The lowest BCUT2D eigenvalue weighted by atomic mass is 10.0. The minimum atomic E-state index is -0.724. The molecule has 66 valence electrons. The average molecular weight is 177 g/mol. The summed E-state index contributed by atoms with van der Waals surface area (Å²) in [7, 11) is -0.724. The Hall–Kier alpha value is 0.0700. The summed E-state index contributed by atoms with van der Waals surface area (Å²) in [4.78, 5) is 0. The van der Waals surface area contributed by atoms with Gasteiger partial charge in [0.25, 0.3) is 0 Å². The molecule has 0 aromatic rings. The zero-order valence-electron chi connectivity index (χ0n) is 7.05. The average Bonchev–Trinajstić information content (AvgIpc) is 1.83. The van der Waals surface area contributed by atoms with Gasteiger partial charge in [-0.05, 0) is 6.92 Å². The van der Waals surface area contributed by atoms with E-state index in [9.17, 15) is 4.21 Å². The summed E-state index contributed by atoms with van der Waals surface area (Å²) < 4.78 is 16.2. The third kappa shape index (κ3) is 2.89. The van der Waals surface area contributed by atoms with Crippen LogP contribution >= 0.6 is 0 Å². The predicted octanol–water partition coefficient (Wildman–Crippen LogP) is -0.257. The Morgan fingerprint density at radius 2 is 2.27 bits per heavy atom. The topological polar surface area (TPSA) is 38.3 Å². The molecule has 0 aliphatic carbocycles. The lowest BCUT2D eigenvalue weighted by Crippen LogP contribution is -2.59. The highest BCUT2D eigenvalue weighted by atomic mass is 32.2. The molecule has 1 aliphatic heterocycles. The van der Waals surface area contributed by atoms with Crippen molar-refractivity contribution in [2.75, 3.05) is 31.7 Å². The maximum Gasteiger partial charge on any atom is 0.0902 e. The van der Waals surface area contributed by atoms with Gasteiger partial charge in [0.15, 0.2) is 0 Å². The molecule has 0 saturated carbocycles. The largest absolute Gasteiger partial charge is 0.372 e. The molecule has 1 rings (SSSR count). The zero-order chi connectivity index (χ0) is 8.32. The molecule has 0 bridgehead atoms. The summed E-state index contributed by atoms with van der Waals surface area (Å²) in [6.45, 7) is 4.52. The van der Waals surface area contributed by atoms with E-state index in [-0.39, 0.29) is 5.60 Å². The summed E-state index contributed by atoms with van der Waals surface area (Å²) in [6, 6.07) is 0. The Morgan fingerprint density at radius 3 is 2.64 bits per heavy atom. The molecule has 1 saturated heterocycles. The first-order valence-corrected chi connectivity index (χ1v) is 5.50. The minimum Gasteiger partial charge on any atom is -0.372 e. The van der Waals surface area contributed by atoms with Crippen LogP contribution in [0.3, 0.4) is 0 Å². The van der Waals surface area contributed by atoms with Gasteiger partial charge in [0.1, 0.15) is 0 Å². The van der Waals surface area contributed by atoms with Gasteiger partial charge < -0.3 is 10.1 Å². The summed E-state index contributed by atoms with van der Waals surface area (Å²) in [5.74, 6) is 0.648. The van der Waals surface area contributed by atoms with Gasteiger partial charge in [0.2, 0.25) is 0 Å². The van der Waals surface area contributed by atoms with Crippen molar-refractivity contribution < 1.29 is 8.95 Å². The summed E-state index contributed by atoms with van der Waals surface area (Å²) in [5, 5.41) is 3.14. The molecule has 4 heteroatoms. The number of nitrogens with one attached hydrogen (secondary N) is 1. The van der Waals surface area contributed by atoms with Crippen LogP contribution in [0.2, 0.25) is 0 Å². The van der Waals surface area contributed by atoms with Gasteiger partial charge in [-0.25, -0.2) is 0 Å². The molecule has 1 N–H and O–H groups in total. The summed E-state index contributed by atoms with van der Waals surface area (Å²) in [5.41, 5.74) is 0.0133. The van der Waals surface area contributed by atoms with E-state index in [1.165, 1.54) is 0 Å². The second kappa shape index (κ2) is 3.65. The van der Waals surface area contributed by atoms with Crippen molar-refractivity contribution in [2.45, 2.75) is 12.5 Å². The second-order valence-corrected chi connectivity index (χ2v) is 4.73. The van der Waals surface area contributed by atoms with E-state index in [0.29, 0.717) is 12.4 Å². The fraction of sp³-hybridized carbons (Fsp3) is 1.00. The number of ether oxygens (including phenoxy) is 1. The molecule has 0 spiro atoms. The Balaban J connectivity index is 2.07. The first-order valence-electron chi connectivity index (χ1n) is 3.77. The maximum atomic E-state index is 10.7. The number of hydrogen-bond donors (Lipinski definition) is 1. The van der Waals surface area contributed by atoms with Gasteiger partial charge in [0.05, 0.1) is 12.2 Å². The van der Waals surface area contributed by atoms with E-state index in [0.717, 1.165) is 13.1 Å². The van der Waals surface area contributed by atoms with E-state index in [1.807, 2.05) is 0 Å². The van der Waals surface area contributed by atoms with Crippen LogP contribution in [0.5, 0.6) is 0 Å². The van der Waals surface area contributed by atoms with Gasteiger partial charge in [0, 0.05) is 35.9 Å². The molecular formula is C7H15NO2S. The fourth-order valence-corrected chi connectivity index (χ4v) is 1.30. The van der Waals surface area contributed by atoms with Crippen molar-refractivity contribution in [1.82, 2.24) is 5.32 Å². The van der Waals surface area contributed by atoms with Crippen molar-refractivity contribution in [3.8, 4) is 0 Å². The lowest BCUT2D eigenvalue weighted by Gasteiger charge is -2.39. The zero-order valence-corrected chi connectivity index (χ0v) is 7.87. The van der Waals surface area contributed by atoms with Crippen molar-refractivity contribution in [1.29, 1.82) is 0 Å². The molecule has 0 aromatic heterocycles. The third-order valence-corrected chi connectivity index (χ3v) is 2.56. The standard InChI is InChI=1S/C7H15NO2S/c1-7(5-8-6-7)10-3-4-11(2)9/h8H,3-6H2,1-2H3. The minimum absolute atomic E-state index is 0.0133. The van der Waals surface area contributed by atoms with E-state index in [2.05, 4.69) is 12.2 Å². The highest BCUT2D eigenvalue weighted by Gasteiger charge is 2.32. The van der Waals surface area contributed by atoms with E-state index in [1.54, 1.807) is 6.26 Å². The van der Waals surface area contributed by atoms with Crippen LogP contribution in [0.1, 0.15) is 6.92 Å². The summed E-state index contributed by atoms with van der Waals surface area (Å²) >= 11 is 0. The van der Waals surface area contributed by atoms with Crippen molar-refractivity contribution in [2.24, 2.45) is 0 Å². The normalized spacial score (nSPS) is 24.2. The Morgan fingerprint density at radius 1 is 1.64 bits per heavy atom. The van der Waals surface area contributed by atoms with Crippen LogP contribution < -0.4 is 5.32 Å². The highest BCUT2D eigenvalue weighted by Crippen LogP contribution is 2.14. The molecule has 0 amide bonds. The molecular weight excluding hydrogens is 162 g/mol. The molecule has 0 aromatic carbocycles. The van der Waals surface area contributed by atoms with E-state index >= 15 is 0 Å². The quantitative estimate of drug-likeness (QED) is 0.643. The predicted molar refractivity (Wildman–Crippen MR) is 46.2 cm³/mol. The number of hydrogen-bond acceptors (Lipinski definition) is 3. The molecule has 3 nitrogen and oxygen atoms in total. The van der Waals surface area contributed by atoms with Crippen LogP contribution in [-0.2, 0) is 15.5 Å². The van der Waals surface area contributed by atoms with Crippen LogP contribution in [0, 0.1) is 0 Å².